The van der Waals surface area contributed by atoms with Crippen LogP contribution in [0.2, 0.25) is 0 Å². The van der Waals surface area contributed by atoms with Crippen LogP contribution in [0, 0.1) is 5.92 Å². The summed E-state index contributed by atoms with van der Waals surface area (Å²) in [7, 11) is -9.65. The summed E-state index contributed by atoms with van der Waals surface area (Å²) in [6.07, 6.45) is -6.79. The number of aliphatic hydroxyl groups is 1. The molecule has 2 bridgehead atoms. The number of phosphoric acid groups is 1. The van der Waals surface area contributed by atoms with Gasteiger partial charge in [-0.3, -0.25) is 22.7 Å². The van der Waals surface area contributed by atoms with Gasteiger partial charge in [-0.1, -0.05) is 0 Å². The van der Waals surface area contributed by atoms with E-state index >= 15 is 4.39 Å². The summed E-state index contributed by atoms with van der Waals surface area (Å²) >= 11 is 0. The van der Waals surface area contributed by atoms with Crippen LogP contribution < -0.4 is 11.5 Å². The molecule has 0 radical (unpaired) electrons. The molecule has 0 aromatic carbocycles. The number of fused-ring (bicyclic) bond motifs is 5. The molecule has 10 atom stereocenters. The summed E-state index contributed by atoms with van der Waals surface area (Å²) in [5, 5.41) is 11.1. The second kappa shape index (κ2) is 10.7. The Bertz CT molecular complexity index is 1830. The van der Waals surface area contributed by atoms with Gasteiger partial charge in [0.1, 0.15) is 48.2 Å². The molecule has 20 nitrogen and oxygen atoms in total. The molecule has 3 aliphatic rings. The van der Waals surface area contributed by atoms with E-state index in [0.29, 0.717) is 0 Å². The van der Waals surface area contributed by atoms with Crippen LogP contribution in [0.25, 0.3) is 22.3 Å². The number of alkyl halides is 1. The van der Waals surface area contributed by atoms with Crippen LogP contribution in [0.4, 0.5) is 16.0 Å². The van der Waals surface area contributed by atoms with Gasteiger partial charge in [-0.2, -0.15) is 0 Å². The standard InChI is InChI=1S/C21H25FN10O10P2/c22-11-15-10(41-21(11)32-7-30-13-17(24)26-5-28-19(13)32)2-38-43(34,35)3-8-14(33)9(1-39-44(36,37)42-15)40-20(8)31-6-29-12-16(23)25-4-27-18(12)31/h4-11,14-15,20-21,33H,1-3H2,(H,34,35)(H,36,37)(H2,23,25,27)(H2,24,26,28)/t8-,9-,10-,11-,14+,15-,20-,21-/m1/s1. The van der Waals surface area contributed by atoms with Crippen LogP contribution in [0.1, 0.15) is 12.5 Å². The lowest BCUT2D eigenvalue weighted by molar-refractivity contribution is -0.0557. The molecule has 4 aromatic rings. The second-order valence-electron chi connectivity index (χ2n) is 10.3. The van der Waals surface area contributed by atoms with Crippen molar-refractivity contribution in [3.05, 3.63) is 25.3 Å². The number of nitrogen functional groups attached to an aromatic ring is 2. The van der Waals surface area contributed by atoms with Crippen LogP contribution in [-0.4, -0.2) is 104 Å². The van der Waals surface area contributed by atoms with Gasteiger partial charge in [0, 0.05) is 5.92 Å². The Morgan fingerprint density at radius 2 is 1.41 bits per heavy atom. The van der Waals surface area contributed by atoms with Crippen molar-refractivity contribution in [3.8, 4) is 0 Å². The summed E-state index contributed by atoms with van der Waals surface area (Å²) in [5.41, 5.74) is 12.4. The molecule has 0 spiro atoms. The van der Waals surface area contributed by atoms with Crippen molar-refractivity contribution in [3.63, 3.8) is 0 Å². The first-order valence-corrected chi connectivity index (χ1v) is 16.3. The number of anilines is 2. The van der Waals surface area contributed by atoms with Crippen molar-refractivity contribution < 1.29 is 51.5 Å². The van der Waals surface area contributed by atoms with E-state index in [2.05, 4.69) is 29.9 Å². The largest absolute Gasteiger partial charge is 0.472 e. The minimum Gasteiger partial charge on any atom is -0.390 e. The van der Waals surface area contributed by atoms with E-state index in [4.69, 9.17) is 34.5 Å². The third-order valence-electron chi connectivity index (χ3n) is 7.63. The third-order valence-corrected chi connectivity index (χ3v) is 10.0. The van der Waals surface area contributed by atoms with Gasteiger partial charge >= 0.3 is 15.4 Å². The molecule has 23 heteroatoms. The van der Waals surface area contributed by atoms with Crippen molar-refractivity contribution in [2.45, 2.75) is 43.0 Å². The van der Waals surface area contributed by atoms with Crippen molar-refractivity contribution in [1.82, 2.24) is 39.0 Å². The predicted molar refractivity (Wildman–Crippen MR) is 143 cm³/mol. The first-order chi connectivity index (χ1) is 20.9. The number of phosphoric ester groups is 1. The number of nitrogens with two attached hydrogens (primary N) is 2. The van der Waals surface area contributed by atoms with E-state index in [9.17, 15) is 24.0 Å². The van der Waals surface area contributed by atoms with Gasteiger partial charge in [-0.05, 0) is 0 Å². The molecule has 3 aliphatic heterocycles. The van der Waals surface area contributed by atoms with Crippen molar-refractivity contribution >= 4 is 49.4 Å². The number of nitrogens with zero attached hydrogens (tertiary/aromatic N) is 8. The maximum absolute atomic E-state index is 15.9. The van der Waals surface area contributed by atoms with E-state index < -0.39 is 83.8 Å². The summed E-state index contributed by atoms with van der Waals surface area (Å²) < 4.78 is 72.2. The molecule has 236 valence electrons. The lowest BCUT2D eigenvalue weighted by Gasteiger charge is -2.25. The molecule has 0 amide bonds. The lowest BCUT2D eigenvalue weighted by atomic mass is 10.0. The van der Waals surface area contributed by atoms with E-state index in [1.54, 1.807) is 0 Å². The summed E-state index contributed by atoms with van der Waals surface area (Å²) in [5.74, 6) is -1.05. The van der Waals surface area contributed by atoms with Crippen LogP contribution >= 0.6 is 15.4 Å². The molecule has 3 saturated heterocycles. The van der Waals surface area contributed by atoms with Gasteiger partial charge in [-0.15, -0.1) is 0 Å². The van der Waals surface area contributed by atoms with Crippen LogP contribution in [0.3, 0.4) is 0 Å². The SMILES string of the molecule is Nc1ncnc2c1ncn2[C@@H]1O[C@@H]2COP(=O)(O)C[C@@H]3[C@H](O)[C@@H](COP(=O)(O)O[C@H]2[C@H]1F)O[C@H]3n1cnc2c(N)ncnc21. The lowest BCUT2D eigenvalue weighted by Crippen LogP contribution is -2.34. The summed E-state index contributed by atoms with van der Waals surface area (Å²) in [6, 6.07) is 0. The quantitative estimate of drug-likeness (QED) is 0.172. The Hall–Kier alpha value is -3.23. The van der Waals surface area contributed by atoms with Gasteiger partial charge in [0.05, 0.1) is 38.1 Å². The zero-order chi connectivity index (χ0) is 31.0. The van der Waals surface area contributed by atoms with Gasteiger partial charge in [-0.25, -0.2) is 38.9 Å². The topological polar surface area (TPSA) is 280 Å². The summed E-state index contributed by atoms with van der Waals surface area (Å²) in [6.45, 7) is -1.47. The van der Waals surface area contributed by atoms with Crippen LogP contribution in [0.15, 0.2) is 25.3 Å². The Labute approximate surface area is 245 Å². The fraction of sp³-hybridized carbons (Fsp3) is 0.524. The zero-order valence-electron chi connectivity index (χ0n) is 22.3. The highest BCUT2D eigenvalue weighted by Gasteiger charge is 2.54. The highest BCUT2D eigenvalue weighted by Crippen LogP contribution is 2.54. The fourth-order valence-electron chi connectivity index (χ4n) is 5.56. The first kappa shape index (κ1) is 29.5. The van der Waals surface area contributed by atoms with E-state index in [0.717, 1.165) is 6.33 Å². The number of aliphatic hydroxyl groups excluding tert-OH is 1. The van der Waals surface area contributed by atoms with Crippen LogP contribution in [0.5, 0.6) is 0 Å². The minimum absolute atomic E-state index is 0.0238. The van der Waals surface area contributed by atoms with Crippen molar-refractivity contribution in [2.24, 2.45) is 5.92 Å². The number of rotatable bonds is 2. The number of hydrogen-bond donors (Lipinski definition) is 5. The molecular formula is C21H25FN10O10P2. The smallest absolute Gasteiger partial charge is 0.390 e. The first-order valence-electron chi connectivity index (χ1n) is 13.0. The Kier molecular flexibility index (Phi) is 7.16. The molecule has 7 N–H and O–H groups in total. The van der Waals surface area contributed by atoms with Gasteiger partial charge < -0.3 is 40.4 Å². The number of aromatic nitrogens is 8. The fourth-order valence-corrected chi connectivity index (χ4v) is 7.93. The average molecular weight is 658 g/mol. The molecular weight excluding hydrogens is 633 g/mol. The predicted octanol–water partition coefficient (Wildman–Crippen LogP) is -0.342. The number of halogens is 1. The zero-order valence-corrected chi connectivity index (χ0v) is 24.0. The summed E-state index contributed by atoms with van der Waals surface area (Å²) in [4.78, 5) is 45.6. The van der Waals surface area contributed by atoms with E-state index in [-0.39, 0.29) is 34.0 Å². The average Bonchev–Trinajstić information content (AvgIpc) is 3.73. The molecule has 4 aromatic heterocycles. The maximum atomic E-state index is 15.9. The highest BCUT2D eigenvalue weighted by atomic mass is 31.2. The third kappa shape index (κ3) is 5.04. The molecule has 3 fully saturated rings. The molecule has 7 rings (SSSR count). The maximum Gasteiger partial charge on any atom is 0.472 e. The number of imidazole rings is 2. The molecule has 2 unspecified atom stereocenters. The molecule has 44 heavy (non-hydrogen) atoms. The number of ether oxygens (including phenoxy) is 2. The molecule has 0 saturated carbocycles. The van der Waals surface area contributed by atoms with Gasteiger partial charge in [0.25, 0.3) is 0 Å². The van der Waals surface area contributed by atoms with Gasteiger partial charge in [0.15, 0.2) is 35.3 Å². The Balaban J connectivity index is 1.20. The minimum atomic E-state index is -5.06. The Morgan fingerprint density at radius 3 is 2.05 bits per heavy atom. The van der Waals surface area contributed by atoms with Crippen molar-refractivity contribution in [1.29, 1.82) is 0 Å². The highest BCUT2D eigenvalue weighted by molar-refractivity contribution is 7.52. The Morgan fingerprint density at radius 1 is 0.841 bits per heavy atom. The van der Waals surface area contributed by atoms with E-state index in [1.807, 2.05) is 0 Å². The normalized spacial score (nSPS) is 38.3. The van der Waals surface area contributed by atoms with E-state index in [1.165, 1.54) is 28.1 Å². The van der Waals surface area contributed by atoms with Crippen molar-refractivity contribution in [2.75, 3.05) is 30.8 Å². The second-order valence-corrected chi connectivity index (χ2v) is 13.6. The number of hydrogen-bond acceptors (Lipinski definition) is 16. The molecule has 0 aliphatic carbocycles. The van der Waals surface area contributed by atoms with Gasteiger partial charge in [0.2, 0.25) is 0 Å². The van der Waals surface area contributed by atoms with Crippen LogP contribution in [-0.2, 0) is 32.2 Å². The monoisotopic (exact) mass is 658 g/mol. The molecule has 7 heterocycles.